The molecule has 1 rings (SSSR count). The lowest BCUT2D eigenvalue weighted by Crippen LogP contribution is -2.46. The van der Waals surface area contributed by atoms with E-state index in [1.807, 2.05) is 6.92 Å². The molecule has 0 aliphatic rings. The van der Waals surface area contributed by atoms with Crippen molar-refractivity contribution in [2.75, 3.05) is 20.3 Å². The second-order valence-corrected chi connectivity index (χ2v) is 4.45. The molecule has 1 aromatic carbocycles. The molecule has 0 amide bonds. The molecule has 0 saturated heterocycles. The molecule has 0 aliphatic carbocycles. The number of aliphatic hydroxyl groups excluding tert-OH is 1. The van der Waals surface area contributed by atoms with E-state index >= 15 is 0 Å². The summed E-state index contributed by atoms with van der Waals surface area (Å²) in [7, 11) is 1.63. The Morgan fingerprint density at radius 3 is 2.53 bits per heavy atom. The minimum Gasteiger partial charge on any atom is -0.396 e. The fourth-order valence-corrected chi connectivity index (χ4v) is 1.69. The van der Waals surface area contributed by atoms with E-state index in [9.17, 15) is 4.39 Å². The van der Waals surface area contributed by atoms with Crippen LogP contribution in [0.3, 0.4) is 0 Å². The molecule has 3 nitrogen and oxygen atoms in total. The van der Waals surface area contributed by atoms with E-state index < -0.39 is 0 Å². The zero-order valence-corrected chi connectivity index (χ0v) is 10.4. The molecule has 0 bridgehead atoms. The summed E-state index contributed by atoms with van der Waals surface area (Å²) in [5.74, 6) is -0.233. The highest BCUT2D eigenvalue weighted by atomic mass is 19.1. The molecule has 1 aromatic rings. The third-order valence-electron chi connectivity index (χ3n) is 2.76. The highest BCUT2D eigenvalue weighted by Gasteiger charge is 2.22. The van der Waals surface area contributed by atoms with Gasteiger partial charge in [0.05, 0.1) is 6.61 Å². The van der Waals surface area contributed by atoms with Gasteiger partial charge >= 0.3 is 0 Å². The van der Waals surface area contributed by atoms with Gasteiger partial charge in [-0.3, -0.25) is 0 Å². The maximum absolute atomic E-state index is 12.7. The van der Waals surface area contributed by atoms with Crippen molar-refractivity contribution in [3.63, 3.8) is 0 Å². The number of halogens is 1. The first-order valence-corrected chi connectivity index (χ1v) is 5.69. The molecule has 4 heteroatoms. The highest BCUT2D eigenvalue weighted by molar-refractivity contribution is 5.16. The number of benzene rings is 1. The van der Waals surface area contributed by atoms with Crippen LogP contribution in [0.2, 0.25) is 0 Å². The zero-order valence-electron chi connectivity index (χ0n) is 10.4. The highest BCUT2D eigenvalue weighted by Crippen LogP contribution is 2.11. The first kappa shape index (κ1) is 14.1. The first-order valence-electron chi connectivity index (χ1n) is 5.69. The van der Waals surface area contributed by atoms with Crippen LogP contribution >= 0.6 is 0 Å². The molecule has 0 saturated carbocycles. The van der Waals surface area contributed by atoms with E-state index in [4.69, 9.17) is 9.84 Å². The normalized spacial score (nSPS) is 14.6. The zero-order chi connectivity index (χ0) is 12.7. The van der Waals surface area contributed by atoms with Gasteiger partial charge < -0.3 is 15.2 Å². The smallest absolute Gasteiger partial charge is 0.123 e. The summed E-state index contributed by atoms with van der Waals surface area (Å²) in [6.45, 7) is 3.25. The Balaban J connectivity index is 2.54. The van der Waals surface area contributed by atoms with Gasteiger partial charge in [-0.2, -0.15) is 0 Å². The number of methoxy groups -OCH3 is 1. The minimum atomic E-state index is -0.266. The molecule has 0 radical (unpaired) electrons. The quantitative estimate of drug-likeness (QED) is 0.763. The van der Waals surface area contributed by atoms with Crippen molar-refractivity contribution < 1.29 is 14.2 Å². The lowest BCUT2D eigenvalue weighted by molar-refractivity contribution is 0.0969. The average molecular weight is 241 g/mol. The van der Waals surface area contributed by atoms with Crippen LogP contribution in [0.5, 0.6) is 0 Å². The average Bonchev–Trinajstić information content (AvgIpc) is 2.29. The van der Waals surface area contributed by atoms with Crippen LogP contribution < -0.4 is 5.32 Å². The van der Waals surface area contributed by atoms with E-state index in [2.05, 4.69) is 5.32 Å². The summed E-state index contributed by atoms with van der Waals surface area (Å²) < 4.78 is 17.9. The van der Waals surface area contributed by atoms with Crippen LogP contribution in [0.1, 0.15) is 18.9 Å². The van der Waals surface area contributed by atoms with Crippen molar-refractivity contribution in [3.05, 3.63) is 35.6 Å². The van der Waals surface area contributed by atoms with Gasteiger partial charge in [0, 0.05) is 25.8 Å². The van der Waals surface area contributed by atoms with E-state index in [-0.39, 0.29) is 18.0 Å². The topological polar surface area (TPSA) is 41.5 Å². The van der Waals surface area contributed by atoms with Gasteiger partial charge in [0.25, 0.3) is 0 Å². The number of ether oxygens (including phenoxy) is 1. The SMILES string of the molecule is COCC(C)(CCO)NCc1ccc(F)cc1. The van der Waals surface area contributed by atoms with Gasteiger partial charge in [-0.1, -0.05) is 12.1 Å². The van der Waals surface area contributed by atoms with Gasteiger partial charge in [0.15, 0.2) is 0 Å². The molecule has 0 aromatic heterocycles. The molecule has 1 unspecified atom stereocenters. The lowest BCUT2D eigenvalue weighted by atomic mass is 9.99. The number of rotatable bonds is 7. The van der Waals surface area contributed by atoms with Crippen LogP contribution in [0.15, 0.2) is 24.3 Å². The van der Waals surface area contributed by atoms with Crippen LogP contribution in [0.25, 0.3) is 0 Å². The fourth-order valence-electron chi connectivity index (χ4n) is 1.69. The van der Waals surface area contributed by atoms with Crippen molar-refractivity contribution in [2.45, 2.75) is 25.4 Å². The fraction of sp³-hybridized carbons (Fsp3) is 0.538. The molecule has 2 N–H and O–H groups in total. The molecule has 0 spiro atoms. The first-order chi connectivity index (χ1) is 8.09. The Morgan fingerprint density at radius 2 is 2.00 bits per heavy atom. The molecule has 0 fully saturated rings. The third kappa shape index (κ3) is 4.81. The molecule has 17 heavy (non-hydrogen) atoms. The molecular formula is C13H20FNO2. The van der Waals surface area contributed by atoms with Crippen molar-refractivity contribution in [1.29, 1.82) is 0 Å². The predicted octanol–water partition coefficient (Wildman–Crippen LogP) is 1.70. The van der Waals surface area contributed by atoms with Crippen LogP contribution in [0.4, 0.5) is 4.39 Å². The lowest BCUT2D eigenvalue weighted by Gasteiger charge is -2.29. The summed E-state index contributed by atoms with van der Waals surface area (Å²) in [4.78, 5) is 0. The van der Waals surface area contributed by atoms with Gasteiger partial charge in [-0.05, 0) is 31.0 Å². The molecular weight excluding hydrogens is 221 g/mol. The summed E-state index contributed by atoms with van der Waals surface area (Å²) in [5.41, 5.74) is 0.740. The Labute approximate surface area is 102 Å². The molecule has 1 atom stereocenters. The minimum absolute atomic E-state index is 0.107. The van der Waals surface area contributed by atoms with E-state index in [1.54, 1.807) is 19.2 Å². The van der Waals surface area contributed by atoms with Gasteiger partial charge in [0.1, 0.15) is 5.82 Å². The number of nitrogens with one attached hydrogen (secondary N) is 1. The molecule has 0 heterocycles. The maximum atomic E-state index is 12.7. The van der Waals surface area contributed by atoms with E-state index in [1.165, 1.54) is 12.1 Å². The Kier molecular flexibility index (Phi) is 5.55. The maximum Gasteiger partial charge on any atom is 0.123 e. The van der Waals surface area contributed by atoms with Crippen LogP contribution in [-0.4, -0.2) is 31.0 Å². The summed E-state index contributed by atoms with van der Waals surface area (Å²) >= 11 is 0. The molecule has 0 aliphatic heterocycles. The standard InChI is InChI=1S/C13H20FNO2/c1-13(7-8-16,10-17-2)15-9-11-3-5-12(14)6-4-11/h3-6,15-16H,7-10H2,1-2H3. The van der Waals surface area contributed by atoms with Crippen molar-refractivity contribution in [3.8, 4) is 0 Å². The summed E-state index contributed by atoms with van der Waals surface area (Å²) in [6, 6.07) is 6.37. The molecule has 96 valence electrons. The second-order valence-electron chi connectivity index (χ2n) is 4.45. The Bertz CT molecular complexity index is 321. The summed E-state index contributed by atoms with van der Waals surface area (Å²) in [6.07, 6.45) is 0.613. The van der Waals surface area contributed by atoms with Gasteiger partial charge in [-0.25, -0.2) is 4.39 Å². The van der Waals surface area contributed by atoms with Crippen LogP contribution in [-0.2, 0) is 11.3 Å². The second kappa shape index (κ2) is 6.69. The van der Waals surface area contributed by atoms with Crippen molar-refractivity contribution >= 4 is 0 Å². The largest absolute Gasteiger partial charge is 0.396 e. The van der Waals surface area contributed by atoms with Crippen molar-refractivity contribution in [2.24, 2.45) is 0 Å². The third-order valence-corrected chi connectivity index (χ3v) is 2.76. The monoisotopic (exact) mass is 241 g/mol. The van der Waals surface area contributed by atoms with Gasteiger partial charge in [0.2, 0.25) is 0 Å². The predicted molar refractivity (Wildman–Crippen MR) is 65.2 cm³/mol. The Hall–Kier alpha value is -0.970. The Morgan fingerprint density at radius 1 is 1.35 bits per heavy atom. The number of aliphatic hydroxyl groups is 1. The van der Waals surface area contributed by atoms with E-state index in [0.29, 0.717) is 19.6 Å². The van der Waals surface area contributed by atoms with Gasteiger partial charge in [-0.15, -0.1) is 0 Å². The number of hydrogen-bond acceptors (Lipinski definition) is 3. The van der Waals surface area contributed by atoms with Crippen LogP contribution in [0, 0.1) is 5.82 Å². The number of hydrogen-bond donors (Lipinski definition) is 2. The summed E-state index contributed by atoms with van der Waals surface area (Å²) in [5, 5.41) is 12.3. The van der Waals surface area contributed by atoms with E-state index in [0.717, 1.165) is 5.56 Å². The van der Waals surface area contributed by atoms with Crippen molar-refractivity contribution in [1.82, 2.24) is 5.32 Å².